The standard InChI is InChI=1S/C24H32FN3O5/c25-20-9-5-4-8-18(20)15-33-24(32)28-21(12-16-6-2-1-3-7-16)23(31)27-19(14-29)13-17-10-11-26-22(17)30/h4-5,8-9,14,16-17,19,21H,1-3,6-7,10-13,15H2,(H,26,30)(H,27,31)(H,28,32)/t17-,19-,21-/m0/s1. The van der Waals surface area contributed by atoms with E-state index in [0.29, 0.717) is 25.7 Å². The first-order valence-corrected chi connectivity index (χ1v) is 11.7. The van der Waals surface area contributed by atoms with Crippen LogP contribution >= 0.6 is 0 Å². The molecule has 1 aliphatic carbocycles. The number of benzene rings is 1. The van der Waals surface area contributed by atoms with Gasteiger partial charge in [0.1, 0.15) is 24.8 Å². The fourth-order valence-corrected chi connectivity index (χ4v) is 4.54. The Morgan fingerprint density at radius 2 is 1.88 bits per heavy atom. The van der Waals surface area contributed by atoms with Crippen LogP contribution in [0.1, 0.15) is 56.9 Å². The van der Waals surface area contributed by atoms with Crippen molar-refractivity contribution in [3.63, 3.8) is 0 Å². The number of alkyl carbamates (subject to hydrolysis) is 1. The average molecular weight is 462 g/mol. The Bertz CT molecular complexity index is 843. The Hall–Kier alpha value is -2.97. The average Bonchev–Trinajstić information content (AvgIpc) is 3.22. The highest BCUT2D eigenvalue weighted by atomic mass is 19.1. The van der Waals surface area contributed by atoms with Crippen LogP contribution in [0, 0.1) is 17.7 Å². The molecule has 3 rings (SSSR count). The molecule has 0 aromatic heterocycles. The number of rotatable bonds is 10. The van der Waals surface area contributed by atoms with Gasteiger partial charge in [0.05, 0.1) is 6.04 Å². The Morgan fingerprint density at radius 1 is 1.12 bits per heavy atom. The van der Waals surface area contributed by atoms with E-state index < -0.39 is 29.9 Å². The van der Waals surface area contributed by atoms with Gasteiger partial charge in [-0.1, -0.05) is 50.3 Å². The van der Waals surface area contributed by atoms with Crippen molar-refractivity contribution >= 4 is 24.2 Å². The van der Waals surface area contributed by atoms with Crippen LogP contribution in [0.3, 0.4) is 0 Å². The number of amides is 3. The van der Waals surface area contributed by atoms with Crippen LogP contribution in [0.4, 0.5) is 9.18 Å². The van der Waals surface area contributed by atoms with Crippen LogP contribution in [0.25, 0.3) is 0 Å². The van der Waals surface area contributed by atoms with Crippen LogP contribution in [0.15, 0.2) is 24.3 Å². The Morgan fingerprint density at radius 3 is 2.55 bits per heavy atom. The molecule has 1 aliphatic heterocycles. The summed E-state index contributed by atoms with van der Waals surface area (Å²) in [5.74, 6) is -1.14. The molecule has 1 saturated carbocycles. The molecule has 1 aromatic carbocycles. The fourth-order valence-electron chi connectivity index (χ4n) is 4.54. The minimum Gasteiger partial charge on any atom is -0.445 e. The summed E-state index contributed by atoms with van der Waals surface area (Å²) in [6, 6.07) is 4.27. The van der Waals surface area contributed by atoms with Gasteiger partial charge in [0.15, 0.2) is 0 Å². The summed E-state index contributed by atoms with van der Waals surface area (Å²) >= 11 is 0. The van der Waals surface area contributed by atoms with Crippen LogP contribution in [0.2, 0.25) is 0 Å². The maximum atomic E-state index is 13.8. The second kappa shape index (κ2) is 12.3. The lowest BCUT2D eigenvalue weighted by atomic mass is 9.84. The number of aldehydes is 1. The smallest absolute Gasteiger partial charge is 0.408 e. The first-order valence-electron chi connectivity index (χ1n) is 11.7. The molecule has 3 N–H and O–H groups in total. The number of carbonyl (C=O) groups excluding carboxylic acids is 4. The largest absolute Gasteiger partial charge is 0.445 e. The molecule has 1 aromatic rings. The molecule has 2 fully saturated rings. The maximum Gasteiger partial charge on any atom is 0.408 e. The van der Waals surface area contributed by atoms with Gasteiger partial charge >= 0.3 is 6.09 Å². The van der Waals surface area contributed by atoms with Gasteiger partial charge in [-0.2, -0.15) is 0 Å². The summed E-state index contributed by atoms with van der Waals surface area (Å²) in [5.41, 5.74) is 0.233. The summed E-state index contributed by atoms with van der Waals surface area (Å²) in [6.07, 6.45) is 6.29. The first-order chi connectivity index (χ1) is 16.0. The van der Waals surface area contributed by atoms with Gasteiger partial charge in [0.25, 0.3) is 0 Å². The van der Waals surface area contributed by atoms with Crippen molar-refractivity contribution in [2.45, 2.75) is 70.1 Å². The summed E-state index contributed by atoms with van der Waals surface area (Å²) in [7, 11) is 0. The lowest BCUT2D eigenvalue weighted by Crippen LogP contribution is -2.51. The molecule has 180 valence electrons. The maximum absolute atomic E-state index is 13.8. The van der Waals surface area contributed by atoms with Crippen molar-refractivity contribution in [2.75, 3.05) is 6.54 Å². The molecule has 0 spiro atoms. The van der Waals surface area contributed by atoms with Gasteiger partial charge < -0.3 is 25.5 Å². The number of halogens is 1. The van der Waals surface area contributed by atoms with Crippen molar-refractivity contribution in [1.82, 2.24) is 16.0 Å². The van der Waals surface area contributed by atoms with E-state index in [0.717, 1.165) is 32.1 Å². The van der Waals surface area contributed by atoms with E-state index in [1.807, 2.05) is 0 Å². The predicted octanol–water partition coefficient (Wildman–Crippen LogP) is 2.60. The summed E-state index contributed by atoms with van der Waals surface area (Å²) in [4.78, 5) is 48.8. The Kier molecular flexibility index (Phi) is 9.21. The molecule has 3 amide bonds. The van der Waals surface area contributed by atoms with Crippen molar-refractivity contribution in [1.29, 1.82) is 0 Å². The zero-order valence-corrected chi connectivity index (χ0v) is 18.7. The number of ether oxygens (including phenoxy) is 1. The molecule has 8 nitrogen and oxygen atoms in total. The van der Waals surface area contributed by atoms with Crippen LogP contribution in [-0.4, -0.2) is 42.8 Å². The number of carbonyl (C=O) groups is 4. The van der Waals surface area contributed by atoms with E-state index in [2.05, 4.69) is 16.0 Å². The zero-order valence-electron chi connectivity index (χ0n) is 18.7. The van der Waals surface area contributed by atoms with Crippen LogP contribution in [0.5, 0.6) is 0 Å². The number of nitrogens with one attached hydrogen (secondary N) is 3. The number of hydrogen-bond acceptors (Lipinski definition) is 5. The summed E-state index contributed by atoms with van der Waals surface area (Å²) in [5, 5.41) is 7.99. The predicted molar refractivity (Wildman–Crippen MR) is 118 cm³/mol. The lowest BCUT2D eigenvalue weighted by Gasteiger charge is -2.27. The molecule has 0 unspecified atom stereocenters. The molecule has 1 saturated heterocycles. The minimum atomic E-state index is -0.888. The van der Waals surface area contributed by atoms with E-state index in [4.69, 9.17) is 4.74 Å². The third-order valence-corrected chi connectivity index (χ3v) is 6.41. The van der Waals surface area contributed by atoms with Crippen LogP contribution in [-0.2, 0) is 25.7 Å². The molecule has 33 heavy (non-hydrogen) atoms. The molecule has 0 bridgehead atoms. The van der Waals surface area contributed by atoms with E-state index in [1.54, 1.807) is 12.1 Å². The van der Waals surface area contributed by atoms with Gasteiger partial charge in [-0.3, -0.25) is 9.59 Å². The highest BCUT2D eigenvalue weighted by molar-refractivity contribution is 5.88. The first kappa shape index (κ1) is 24.7. The molecular formula is C24H32FN3O5. The van der Waals surface area contributed by atoms with Crippen LogP contribution < -0.4 is 16.0 Å². The fraction of sp³-hybridized carbons (Fsp3) is 0.583. The topological polar surface area (TPSA) is 114 Å². The van der Waals surface area contributed by atoms with Gasteiger partial charge in [-0.25, -0.2) is 9.18 Å². The Balaban J connectivity index is 1.59. The van der Waals surface area contributed by atoms with Crippen molar-refractivity contribution in [3.8, 4) is 0 Å². The third kappa shape index (κ3) is 7.54. The molecule has 9 heteroatoms. The number of hydrogen-bond donors (Lipinski definition) is 3. The monoisotopic (exact) mass is 461 g/mol. The quantitative estimate of drug-likeness (QED) is 0.464. The highest BCUT2D eigenvalue weighted by Gasteiger charge is 2.31. The van der Waals surface area contributed by atoms with E-state index in [1.165, 1.54) is 12.1 Å². The highest BCUT2D eigenvalue weighted by Crippen LogP contribution is 2.27. The minimum absolute atomic E-state index is 0.121. The van der Waals surface area contributed by atoms with Gasteiger partial charge in [-0.15, -0.1) is 0 Å². The van der Waals surface area contributed by atoms with Crippen molar-refractivity contribution in [3.05, 3.63) is 35.6 Å². The Labute approximate surface area is 193 Å². The second-order valence-corrected chi connectivity index (χ2v) is 8.87. The molecule has 3 atom stereocenters. The lowest BCUT2D eigenvalue weighted by molar-refractivity contribution is -0.127. The summed E-state index contributed by atoms with van der Waals surface area (Å²) in [6.45, 7) is 0.298. The van der Waals surface area contributed by atoms with Gasteiger partial charge in [-0.05, 0) is 31.2 Å². The van der Waals surface area contributed by atoms with Gasteiger partial charge in [0, 0.05) is 18.0 Å². The summed E-state index contributed by atoms with van der Waals surface area (Å²) < 4.78 is 18.9. The molecule has 2 aliphatic rings. The second-order valence-electron chi connectivity index (χ2n) is 8.87. The SMILES string of the molecule is O=C[C@H](C[C@@H]1CCNC1=O)NC(=O)[C@H](CC1CCCCC1)NC(=O)OCc1ccccc1F. The molecular weight excluding hydrogens is 429 g/mol. The molecule has 1 heterocycles. The van der Waals surface area contributed by atoms with Crippen molar-refractivity contribution < 1.29 is 28.3 Å². The van der Waals surface area contributed by atoms with E-state index >= 15 is 0 Å². The van der Waals surface area contributed by atoms with E-state index in [9.17, 15) is 23.6 Å². The van der Waals surface area contributed by atoms with Crippen molar-refractivity contribution in [2.24, 2.45) is 11.8 Å². The third-order valence-electron chi connectivity index (χ3n) is 6.41. The zero-order chi connectivity index (χ0) is 23.6. The molecule has 0 radical (unpaired) electrons. The van der Waals surface area contributed by atoms with Gasteiger partial charge in [0.2, 0.25) is 11.8 Å². The normalized spacial score (nSPS) is 20.4. The van der Waals surface area contributed by atoms with E-state index in [-0.39, 0.29) is 36.3 Å².